The maximum Gasteiger partial charge on any atom is 0.261 e. The van der Waals surface area contributed by atoms with Crippen LogP contribution in [0.15, 0.2) is 23.2 Å². The number of aliphatic imine (C=N–C) groups is 1. The summed E-state index contributed by atoms with van der Waals surface area (Å²) in [4.78, 5) is 29.4. The number of anilines is 1. The lowest BCUT2D eigenvalue weighted by atomic mass is 10.1. The third kappa shape index (κ3) is 2.10. The normalized spacial score (nSPS) is 20.1. The Kier molecular flexibility index (Phi) is 2.86. The van der Waals surface area contributed by atoms with Gasteiger partial charge in [-0.1, -0.05) is 11.8 Å². The first-order valence-electron chi connectivity index (χ1n) is 6.33. The van der Waals surface area contributed by atoms with E-state index in [4.69, 9.17) is 0 Å². The van der Waals surface area contributed by atoms with Crippen molar-refractivity contribution in [3.05, 3.63) is 29.3 Å². The largest absolute Gasteiger partial charge is 0.335 e. The Hall–Kier alpha value is -1.82. The molecule has 2 aliphatic rings. The van der Waals surface area contributed by atoms with Gasteiger partial charge in [-0.2, -0.15) is 0 Å². The lowest BCUT2D eigenvalue weighted by Gasteiger charge is -2.09. The van der Waals surface area contributed by atoms with Crippen molar-refractivity contribution in [2.45, 2.75) is 19.4 Å². The van der Waals surface area contributed by atoms with E-state index < -0.39 is 0 Å². The molecular formula is C14H15N3O2S. The first-order valence-corrected chi connectivity index (χ1v) is 7.32. The summed E-state index contributed by atoms with van der Waals surface area (Å²) < 4.78 is 0. The van der Waals surface area contributed by atoms with Crippen LogP contribution < -0.4 is 5.32 Å². The Bertz CT molecular complexity index is 652. The molecule has 3 rings (SSSR count). The van der Waals surface area contributed by atoms with Gasteiger partial charge in [0.25, 0.3) is 11.8 Å². The van der Waals surface area contributed by atoms with Crippen molar-refractivity contribution in [3.8, 4) is 0 Å². The van der Waals surface area contributed by atoms with Gasteiger partial charge >= 0.3 is 0 Å². The summed E-state index contributed by atoms with van der Waals surface area (Å²) in [5, 5.41) is 4.05. The maximum absolute atomic E-state index is 11.9. The summed E-state index contributed by atoms with van der Waals surface area (Å²) in [6.07, 6.45) is 0. The van der Waals surface area contributed by atoms with E-state index in [1.165, 1.54) is 7.05 Å². The van der Waals surface area contributed by atoms with E-state index in [9.17, 15) is 9.59 Å². The number of fused-ring (bicyclic) bond motifs is 1. The van der Waals surface area contributed by atoms with E-state index in [0.29, 0.717) is 11.1 Å². The van der Waals surface area contributed by atoms with Crippen LogP contribution in [0, 0.1) is 0 Å². The molecule has 2 amide bonds. The number of carbonyl (C=O) groups is 2. The highest BCUT2D eigenvalue weighted by molar-refractivity contribution is 8.14. The number of carbonyl (C=O) groups excluding carboxylic acids is 2. The zero-order valence-electron chi connectivity index (χ0n) is 11.6. The molecule has 20 heavy (non-hydrogen) atoms. The van der Waals surface area contributed by atoms with Crippen LogP contribution >= 0.6 is 11.8 Å². The van der Waals surface area contributed by atoms with Crippen LogP contribution in [0.5, 0.6) is 0 Å². The smallest absolute Gasteiger partial charge is 0.261 e. The number of benzene rings is 1. The average Bonchev–Trinajstić information content (AvgIpc) is 2.84. The number of thioether (sulfide) groups is 1. The predicted molar refractivity (Wildman–Crippen MR) is 80.5 cm³/mol. The number of amidine groups is 1. The Morgan fingerprint density at radius 3 is 2.60 bits per heavy atom. The predicted octanol–water partition coefficient (Wildman–Crippen LogP) is 2.21. The molecule has 0 spiro atoms. The van der Waals surface area contributed by atoms with Crippen molar-refractivity contribution < 1.29 is 9.59 Å². The fraction of sp³-hybridized carbons (Fsp3) is 0.357. The molecule has 0 unspecified atom stereocenters. The summed E-state index contributed by atoms with van der Waals surface area (Å²) >= 11 is 1.66. The molecule has 0 aromatic heterocycles. The molecule has 1 aromatic rings. The zero-order valence-corrected chi connectivity index (χ0v) is 12.4. The van der Waals surface area contributed by atoms with Gasteiger partial charge in [0, 0.05) is 18.5 Å². The van der Waals surface area contributed by atoms with Gasteiger partial charge in [-0.05, 0) is 32.0 Å². The molecule has 0 saturated heterocycles. The van der Waals surface area contributed by atoms with Crippen molar-refractivity contribution >= 4 is 34.4 Å². The Balaban J connectivity index is 1.88. The molecule has 0 atom stereocenters. The third-order valence-corrected chi connectivity index (χ3v) is 4.62. The fourth-order valence-corrected chi connectivity index (χ4v) is 3.27. The Morgan fingerprint density at radius 1 is 1.25 bits per heavy atom. The highest BCUT2D eigenvalue weighted by atomic mass is 32.2. The number of hydrogen-bond acceptors (Lipinski definition) is 5. The van der Waals surface area contributed by atoms with E-state index in [1.54, 1.807) is 30.0 Å². The zero-order chi connectivity index (χ0) is 14.5. The monoisotopic (exact) mass is 289 g/mol. The van der Waals surface area contributed by atoms with E-state index >= 15 is 0 Å². The quantitative estimate of drug-likeness (QED) is 0.805. The second-order valence-corrected chi connectivity index (χ2v) is 6.54. The molecule has 0 fully saturated rings. The minimum absolute atomic E-state index is 0.0598. The lowest BCUT2D eigenvalue weighted by Crippen LogP contribution is -2.24. The fourth-order valence-electron chi connectivity index (χ4n) is 2.21. The minimum Gasteiger partial charge on any atom is -0.335 e. The topological polar surface area (TPSA) is 61.8 Å². The second kappa shape index (κ2) is 4.34. The SMILES string of the molecule is CN1C(=O)c2ccc(NC3=NC(C)(C)CS3)cc2C1=O. The summed E-state index contributed by atoms with van der Waals surface area (Å²) in [5.74, 6) is 0.431. The van der Waals surface area contributed by atoms with Crippen LogP contribution in [-0.4, -0.2) is 40.2 Å². The van der Waals surface area contributed by atoms with Gasteiger partial charge in [0.1, 0.15) is 0 Å². The van der Waals surface area contributed by atoms with Gasteiger partial charge in [-0.3, -0.25) is 19.5 Å². The standard InChI is InChI=1S/C14H15N3O2S/c1-14(2)7-20-13(16-14)15-8-4-5-9-10(6-8)12(19)17(3)11(9)18/h4-6H,7H2,1-3H3,(H,15,16). The minimum atomic E-state index is -0.255. The molecule has 0 aliphatic carbocycles. The van der Waals surface area contributed by atoms with Gasteiger partial charge in [0.2, 0.25) is 0 Å². The van der Waals surface area contributed by atoms with E-state index in [2.05, 4.69) is 24.2 Å². The third-order valence-electron chi connectivity index (χ3n) is 3.31. The van der Waals surface area contributed by atoms with Crippen molar-refractivity contribution in [1.82, 2.24) is 4.90 Å². The van der Waals surface area contributed by atoms with Gasteiger partial charge in [-0.25, -0.2) is 0 Å². The molecule has 6 heteroatoms. The molecule has 1 N–H and O–H groups in total. The maximum atomic E-state index is 11.9. The van der Waals surface area contributed by atoms with Gasteiger partial charge in [0.05, 0.1) is 16.7 Å². The van der Waals surface area contributed by atoms with Crippen LogP contribution in [0.4, 0.5) is 5.69 Å². The summed E-state index contributed by atoms with van der Waals surface area (Å²) in [5.41, 5.74) is 1.63. The number of rotatable bonds is 1. The van der Waals surface area contributed by atoms with E-state index in [0.717, 1.165) is 21.5 Å². The van der Waals surface area contributed by atoms with Gasteiger partial charge < -0.3 is 5.32 Å². The lowest BCUT2D eigenvalue weighted by molar-refractivity contribution is 0.0693. The number of amides is 2. The number of imide groups is 1. The van der Waals surface area contributed by atoms with Crippen molar-refractivity contribution in [1.29, 1.82) is 0 Å². The van der Waals surface area contributed by atoms with Crippen LogP contribution in [0.25, 0.3) is 0 Å². The number of nitrogens with one attached hydrogen (secondary N) is 1. The molecule has 104 valence electrons. The Labute approximate surface area is 121 Å². The molecule has 0 saturated carbocycles. The molecule has 1 aromatic carbocycles. The average molecular weight is 289 g/mol. The first-order chi connectivity index (χ1) is 9.37. The molecular weight excluding hydrogens is 274 g/mol. The highest BCUT2D eigenvalue weighted by Crippen LogP contribution is 2.29. The van der Waals surface area contributed by atoms with Crippen molar-refractivity contribution in [2.75, 3.05) is 18.1 Å². The molecule has 5 nitrogen and oxygen atoms in total. The first kappa shape index (κ1) is 13.2. The van der Waals surface area contributed by atoms with Crippen LogP contribution in [0.1, 0.15) is 34.6 Å². The summed E-state index contributed by atoms with van der Waals surface area (Å²) in [6, 6.07) is 5.21. The Morgan fingerprint density at radius 2 is 1.95 bits per heavy atom. The van der Waals surface area contributed by atoms with E-state index in [1.807, 2.05) is 0 Å². The molecule has 0 radical (unpaired) electrons. The van der Waals surface area contributed by atoms with E-state index in [-0.39, 0.29) is 17.4 Å². The number of hydrogen-bond donors (Lipinski definition) is 1. The second-order valence-electron chi connectivity index (χ2n) is 5.57. The van der Waals surface area contributed by atoms with Crippen LogP contribution in [0.3, 0.4) is 0 Å². The van der Waals surface area contributed by atoms with Crippen molar-refractivity contribution in [2.24, 2.45) is 4.99 Å². The molecule has 2 aliphatic heterocycles. The van der Waals surface area contributed by atoms with Crippen LogP contribution in [-0.2, 0) is 0 Å². The van der Waals surface area contributed by atoms with Gasteiger partial charge in [0.15, 0.2) is 5.17 Å². The van der Waals surface area contributed by atoms with Gasteiger partial charge in [-0.15, -0.1) is 0 Å². The molecule has 0 bridgehead atoms. The highest BCUT2D eigenvalue weighted by Gasteiger charge is 2.33. The molecule has 2 heterocycles. The van der Waals surface area contributed by atoms with Crippen molar-refractivity contribution in [3.63, 3.8) is 0 Å². The summed E-state index contributed by atoms with van der Waals surface area (Å²) in [6.45, 7) is 4.16. The van der Waals surface area contributed by atoms with Crippen LogP contribution in [0.2, 0.25) is 0 Å². The summed E-state index contributed by atoms with van der Waals surface area (Å²) in [7, 11) is 1.50. The number of nitrogens with zero attached hydrogens (tertiary/aromatic N) is 2.